The average molecular weight is 448 g/mol. The fourth-order valence-corrected chi connectivity index (χ4v) is 3.54. The van der Waals surface area contributed by atoms with Gasteiger partial charge in [0.2, 0.25) is 0 Å². The van der Waals surface area contributed by atoms with Crippen LogP contribution in [0.5, 0.6) is 17.2 Å². The van der Waals surface area contributed by atoms with E-state index in [0.29, 0.717) is 28.5 Å². The summed E-state index contributed by atoms with van der Waals surface area (Å²) in [6, 6.07) is 17.1. The highest BCUT2D eigenvalue weighted by Crippen LogP contribution is 2.39. The van der Waals surface area contributed by atoms with Crippen LogP contribution < -0.4 is 24.4 Å². The molecule has 0 bridgehead atoms. The Hall–Kier alpha value is -4.33. The Morgan fingerprint density at radius 2 is 1.39 bits per heavy atom. The van der Waals surface area contributed by atoms with Gasteiger partial charge in [0, 0.05) is 11.8 Å². The van der Waals surface area contributed by atoms with Gasteiger partial charge in [0.15, 0.2) is 0 Å². The highest BCUT2D eigenvalue weighted by atomic mass is 19.1. The lowest BCUT2D eigenvalue weighted by molar-refractivity contribution is -0.120. The second-order valence-electron chi connectivity index (χ2n) is 7.09. The monoisotopic (exact) mass is 448 g/mol. The molecule has 1 aliphatic heterocycles. The molecule has 33 heavy (non-hydrogen) atoms. The molecule has 1 aliphatic rings. The summed E-state index contributed by atoms with van der Waals surface area (Å²) in [6.45, 7) is 0. The highest BCUT2D eigenvalue weighted by Gasteiger charge is 2.41. The summed E-state index contributed by atoms with van der Waals surface area (Å²) in [5.74, 6) is -0.135. The number of anilines is 2. The molecule has 0 atom stereocenters. The van der Waals surface area contributed by atoms with Crippen LogP contribution in [0.4, 0.5) is 15.8 Å². The minimum atomic E-state index is -0.571. The number of carbonyl (C=O) groups excluding carboxylic acids is 2. The third-order valence-electron chi connectivity index (χ3n) is 5.20. The van der Waals surface area contributed by atoms with Crippen molar-refractivity contribution in [1.29, 1.82) is 0 Å². The van der Waals surface area contributed by atoms with Gasteiger partial charge in [-0.1, -0.05) is 12.1 Å². The summed E-state index contributed by atoms with van der Waals surface area (Å²) in [4.78, 5) is 28.1. The minimum Gasteiger partial charge on any atom is -0.497 e. The number of ether oxygens (including phenoxy) is 3. The number of hydrogen-bond acceptors (Lipinski definition) is 6. The summed E-state index contributed by atoms with van der Waals surface area (Å²) in [5.41, 5.74) is 1.43. The van der Waals surface area contributed by atoms with Crippen LogP contribution in [-0.2, 0) is 9.59 Å². The van der Waals surface area contributed by atoms with Gasteiger partial charge in [-0.2, -0.15) is 0 Å². The molecule has 0 fully saturated rings. The van der Waals surface area contributed by atoms with Gasteiger partial charge in [-0.15, -0.1) is 0 Å². The van der Waals surface area contributed by atoms with Crippen LogP contribution in [0.2, 0.25) is 0 Å². The number of halogens is 1. The van der Waals surface area contributed by atoms with E-state index in [-0.39, 0.29) is 17.0 Å². The van der Waals surface area contributed by atoms with Crippen molar-refractivity contribution in [2.45, 2.75) is 0 Å². The topological polar surface area (TPSA) is 77.1 Å². The van der Waals surface area contributed by atoms with E-state index in [0.717, 1.165) is 4.90 Å². The Bertz CT molecular complexity index is 1240. The van der Waals surface area contributed by atoms with E-state index in [1.165, 1.54) is 38.5 Å². The number of nitrogens with zero attached hydrogens (tertiary/aromatic N) is 1. The first-order valence-corrected chi connectivity index (χ1v) is 9.99. The fraction of sp³-hybridized carbons (Fsp3) is 0.120. The van der Waals surface area contributed by atoms with Gasteiger partial charge < -0.3 is 19.5 Å². The smallest absolute Gasteiger partial charge is 0.282 e. The second kappa shape index (κ2) is 9.04. The number of amides is 2. The normalized spacial score (nSPS) is 13.4. The summed E-state index contributed by atoms with van der Waals surface area (Å²) in [7, 11) is 4.50. The lowest BCUT2D eigenvalue weighted by atomic mass is 10.0. The van der Waals surface area contributed by atoms with Gasteiger partial charge in [-0.3, -0.25) is 9.59 Å². The van der Waals surface area contributed by atoms with Crippen molar-refractivity contribution in [2.24, 2.45) is 0 Å². The van der Waals surface area contributed by atoms with E-state index >= 15 is 0 Å². The molecule has 168 valence electrons. The Balaban J connectivity index is 1.81. The zero-order valence-corrected chi connectivity index (χ0v) is 18.2. The van der Waals surface area contributed by atoms with Crippen molar-refractivity contribution < 1.29 is 28.2 Å². The number of benzene rings is 3. The van der Waals surface area contributed by atoms with Gasteiger partial charge in [0.25, 0.3) is 11.8 Å². The summed E-state index contributed by atoms with van der Waals surface area (Å²) < 4.78 is 29.3. The zero-order valence-electron chi connectivity index (χ0n) is 18.2. The van der Waals surface area contributed by atoms with Crippen LogP contribution in [0.25, 0.3) is 5.57 Å². The van der Waals surface area contributed by atoms with E-state index in [1.807, 2.05) is 0 Å². The molecule has 0 unspecified atom stereocenters. The molecule has 8 heteroatoms. The second-order valence-corrected chi connectivity index (χ2v) is 7.09. The van der Waals surface area contributed by atoms with Crippen molar-refractivity contribution in [3.63, 3.8) is 0 Å². The maximum Gasteiger partial charge on any atom is 0.282 e. The first kappa shape index (κ1) is 21.9. The van der Waals surface area contributed by atoms with E-state index in [4.69, 9.17) is 14.2 Å². The van der Waals surface area contributed by atoms with Crippen LogP contribution in [0.3, 0.4) is 0 Å². The molecule has 1 N–H and O–H groups in total. The van der Waals surface area contributed by atoms with Gasteiger partial charge in [0.1, 0.15) is 28.8 Å². The summed E-state index contributed by atoms with van der Waals surface area (Å²) >= 11 is 0. The first-order chi connectivity index (χ1) is 16.0. The molecule has 0 saturated carbocycles. The van der Waals surface area contributed by atoms with Crippen LogP contribution in [0, 0.1) is 5.82 Å². The lowest BCUT2D eigenvalue weighted by Gasteiger charge is -2.19. The summed E-state index contributed by atoms with van der Waals surface area (Å²) in [5, 5.41) is 3.05. The molecule has 0 spiro atoms. The molecular weight excluding hydrogens is 427 g/mol. The lowest BCUT2D eigenvalue weighted by Crippen LogP contribution is -2.32. The molecule has 7 nitrogen and oxygen atoms in total. The van der Waals surface area contributed by atoms with Crippen LogP contribution in [0.1, 0.15) is 5.56 Å². The van der Waals surface area contributed by atoms with Crippen molar-refractivity contribution in [1.82, 2.24) is 0 Å². The van der Waals surface area contributed by atoms with Crippen molar-refractivity contribution >= 4 is 28.8 Å². The van der Waals surface area contributed by atoms with Crippen molar-refractivity contribution in [3.05, 3.63) is 83.8 Å². The first-order valence-electron chi connectivity index (χ1n) is 9.99. The van der Waals surface area contributed by atoms with Gasteiger partial charge in [-0.25, -0.2) is 9.29 Å². The SMILES string of the molecule is COc1ccc(NC2=C(c3ccc(F)cc3)C(=O)N(c3ccc(OC)cc3OC)C2=O)cc1. The molecular formula is C25H21FN2O5. The zero-order chi connectivity index (χ0) is 23.5. The molecule has 2 amide bonds. The fourth-order valence-electron chi connectivity index (χ4n) is 3.54. The molecule has 0 aromatic heterocycles. The Morgan fingerprint density at radius 1 is 0.758 bits per heavy atom. The molecule has 0 saturated heterocycles. The van der Waals surface area contributed by atoms with Gasteiger partial charge in [0.05, 0.1) is 32.6 Å². The van der Waals surface area contributed by atoms with Crippen LogP contribution in [-0.4, -0.2) is 33.1 Å². The number of methoxy groups -OCH3 is 3. The van der Waals surface area contributed by atoms with E-state index in [2.05, 4.69) is 5.32 Å². The Kier molecular flexibility index (Phi) is 5.99. The molecule has 1 heterocycles. The minimum absolute atomic E-state index is 0.0645. The van der Waals surface area contributed by atoms with Crippen molar-refractivity contribution in [3.8, 4) is 17.2 Å². The largest absolute Gasteiger partial charge is 0.497 e. The number of rotatable bonds is 7. The number of nitrogens with one attached hydrogen (secondary N) is 1. The molecule has 0 aliphatic carbocycles. The maximum absolute atomic E-state index is 13.5. The van der Waals surface area contributed by atoms with E-state index in [1.54, 1.807) is 49.6 Å². The predicted molar refractivity (Wildman–Crippen MR) is 122 cm³/mol. The standard InChI is InChI=1S/C25H21FN2O5/c1-31-18-10-8-17(9-11-18)27-23-22(15-4-6-16(26)7-5-15)24(29)28(25(23)30)20-13-12-19(32-2)14-21(20)33-3/h4-14,27H,1-3H3. The van der Waals surface area contributed by atoms with Gasteiger partial charge >= 0.3 is 0 Å². The van der Waals surface area contributed by atoms with Crippen molar-refractivity contribution in [2.75, 3.05) is 31.5 Å². The van der Waals surface area contributed by atoms with E-state index in [9.17, 15) is 14.0 Å². The highest BCUT2D eigenvalue weighted by molar-refractivity contribution is 6.46. The Morgan fingerprint density at radius 3 is 2.00 bits per heavy atom. The average Bonchev–Trinajstić information content (AvgIpc) is 3.08. The van der Waals surface area contributed by atoms with Crippen LogP contribution in [0.15, 0.2) is 72.4 Å². The van der Waals surface area contributed by atoms with Crippen LogP contribution >= 0.6 is 0 Å². The molecule has 3 aromatic rings. The number of imide groups is 1. The van der Waals surface area contributed by atoms with Gasteiger partial charge in [-0.05, 0) is 54.1 Å². The number of hydrogen-bond donors (Lipinski definition) is 1. The summed E-state index contributed by atoms with van der Waals surface area (Å²) in [6.07, 6.45) is 0. The van der Waals surface area contributed by atoms with E-state index < -0.39 is 17.6 Å². The maximum atomic E-state index is 13.5. The molecule has 4 rings (SSSR count). The molecule has 0 radical (unpaired) electrons. The molecule has 3 aromatic carbocycles. The Labute approximate surface area is 190 Å². The predicted octanol–water partition coefficient (Wildman–Crippen LogP) is 4.25. The third-order valence-corrected chi connectivity index (χ3v) is 5.20. The quantitative estimate of drug-likeness (QED) is 0.545. The number of carbonyl (C=O) groups is 2. The third kappa shape index (κ3) is 4.10.